The maximum Gasteiger partial charge on any atom is 0.120 e. The predicted molar refractivity (Wildman–Crippen MR) is 165 cm³/mol. The lowest BCUT2D eigenvalue weighted by molar-refractivity contribution is 0.878. The fraction of sp³-hybridized carbons (Fsp3) is 0.0625. The van der Waals surface area contributed by atoms with E-state index in [9.17, 15) is 0 Å². The number of rotatable bonds is 6. The quantitative estimate of drug-likeness (QED) is 0.131. The lowest BCUT2D eigenvalue weighted by Gasteiger charge is -2.33. The lowest BCUT2D eigenvalue weighted by Crippen LogP contribution is -2.24. The second-order valence-corrected chi connectivity index (χ2v) is 11.6. The van der Waals surface area contributed by atoms with Crippen molar-refractivity contribution in [2.24, 2.45) is 0 Å². The molecule has 5 aromatic carbocycles. The third-order valence-corrected chi connectivity index (χ3v) is 8.66. The van der Waals surface area contributed by atoms with Gasteiger partial charge in [0, 0.05) is 20.1 Å². The Hall–Kier alpha value is -2.16. The molecule has 0 spiro atoms. The number of hydrogen-bond donors (Lipinski definition) is 0. The Morgan fingerprint density at radius 2 is 0.921 bits per heavy atom. The van der Waals surface area contributed by atoms with Crippen LogP contribution in [0.2, 0.25) is 20.1 Å². The Labute approximate surface area is 252 Å². The van der Waals surface area contributed by atoms with Gasteiger partial charge in [0.1, 0.15) is 4.87 Å². The molecule has 0 amide bonds. The Kier molecular flexibility index (Phi) is 8.31. The van der Waals surface area contributed by atoms with Crippen molar-refractivity contribution in [3.8, 4) is 11.1 Å². The van der Waals surface area contributed by atoms with Gasteiger partial charge >= 0.3 is 0 Å². The number of alkyl halides is 2. The molecule has 0 bridgehead atoms. The molecule has 0 fully saturated rings. The van der Waals surface area contributed by atoms with Crippen LogP contribution in [0.5, 0.6) is 0 Å². The lowest BCUT2D eigenvalue weighted by atomic mass is 9.78. The average Bonchev–Trinajstić information content (AvgIpc) is 2.93. The second kappa shape index (κ2) is 11.5. The molecule has 6 heteroatoms. The van der Waals surface area contributed by atoms with Gasteiger partial charge in [-0.15, -0.1) is 23.2 Å². The number of hydrogen-bond acceptors (Lipinski definition) is 0. The highest BCUT2D eigenvalue weighted by molar-refractivity contribution is 6.32. The highest BCUT2D eigenvalue weighted by atomic mass is 35.5. The van der Waals surface area contributed by atoms with Crippen LogP contribution in [0, 0.1) is 0 Å². The van der Waals surface area contributed by atoms with Crippen LogP contribution in [-0.4, -0.2) is 0 Å². The van der Waals surface area contributed by atoms with Crippen molar-refractivity contribution >= 4 is 69.6 Å². The van der Waals surface area contributed by atoms with E-state index in [2.05, 4.69) is 0 Å². The van der Waals surface area contributed by atoms with E-state index in [0.717, 1.165) is 38.9 Å². The standard InChI is InChI=1S/C32H20Cl6/c33-24-12-4-20(5-13-24)30-28(31(37)21-6-14-25(34)15-7-21)2-1-3-29(30)32(38,22-8-16-26(35)17-9-22)23-10-18-27(36)19-11-23/h1-19,31H. The van der Waals surface area contributed by atoms with Gasteiger partial charge in [-0.2, -0.15) is 0 Å². The molecule has 0 nitrogen and oxygen atoms in total. The monoisotopic (exact) mass is 614 g/mol. The van der Waals surface area contributed by atoms with Gasteiger partial charge in [0.05, 0.1) is 5.38 Å². The first-order chi connectivity index (χ1) is 18.3. The molecule has 0 radical (unpaired) electrons. The van der Waals surface area contributed by atoms with Crippen LogP contribution in [0.25, 0.3) is 11.1 Å². The molecular weight excluding hydrogens is 597 g/mol. The van der Waals surface area contributed by atoms with Crippen LogP contribution >= 0.6 is 69.6 Å². The summed E-state index contributed by atoms with van der Waals surface area (Å²) in [6.45, 7) is 0. The van der Waals surface area contributed by atoms with Gasteiger partial charge in [0.2, 0.25) is 0 Å². The molecule has 0 aliphatic rings. The molecule has 1 atom stereocenters. The molecule has 0 aliphatic heterocycles. The van der Waals surface area contributed by atoms with Gasteiger partial charge in [0.15, 0.2) is 0 Å². The first-order valence-electron chi connectivity index (χ1n) is 11.8. The minimum Gasteiger partial charge on any atom is -0.113 e. The Morgan fingerprint density at radius 1 is 0.500 bits per heavy atom. The minimum atomic E-state index is -1.09. The Morgan fingerprint density at radius 3 is 1.39 bits per heavy atom. The van der Waals surface area contributed by atoms with Gasteiger partial charge in [-0.25, -0.2) is 0 Å². The summed E-state index contributed by atoms with van der Waals surface area (Å²) in [6, 6.07) is 36.4. The third kappa shape index (κ3) is 5.45. The van der Waals surface area contributed by atoms with E-state index >= 15 is 0 Å². The van der Waals surface area contributed by atoms with E-state index in [4.69, 9.17) is 69.6 Å². The zero-order chi connectivity index (χ0) is 26.9. The summed E-state index contributed by atoms with van der Waals surface area (Å²) in [7, 11) is 0. The summed E-state index contributed by atoms with van der Waals surface area (Å²) in [5.74, 6) is 0. The van der Waals surface area contributed by atoms with Crippen LogP contribution < -0.4 is 0 Å². The van der Waals surface area contributed by atoms with E-state index in [1.807, 2.05) is 115 Å². The number of halogens is 6. The van der Waals surface area contributed by atoms with E-state index < -0.39 is 10.3 Å². The summed E-state index contributed by atoms with van der Waals surface area (Å²) in [5.41, 5.74) is 6.25. The van der Waals surface area contributed by atoms with E-state index in [0.29, 0.717) is 20.1 Å². The van der Waals surface area contributed by atoms with Gasteiger partial charge in [0.25, 0.3) is 0 Å². The van der Waals surface area contributed by atoms with Crippen LogP contribution in [0.15, 0.2) is 115 Å². The van der Waals surface area contributed by atoms with Crippen LogP contribution in [0.4, 0.5) is 0 Å². The van der Waals surface area contributed by atoms with Crippen molar-refractivity contribution in [3.05, 3.63) is 163 Å². The maximum absolute atomic E-state index is 7.78. The fourth-order valence-corrected chi connectivity index (χ4v) is 5.90. The van der Waals surface area contributed by atoms with Gasteiger partial charge in [-0.1, -0.05) is 113 Å². The summed E-state index contributed by atoms with van der Waals surface area (Å²) in [5, 5.41) is 2.07. The molecule has 190 valence electrons. The van der Waals surface area contributed by atoms with E-state index in [1.54, 1.807) is 0 Å². The first-order valence-corrected chi connectivity index (χ1v) is 14.1. The zero-order valence-corrected chi connectivity index (χ0v) is 24.4. The molecule has 0 heterocycles. The largest absolute Gasteiger partial charge is 0.120 e. The summed E-state index contributed by atoms with van der Waals surface area (Å²) >= 11 is 39.9. The van der Waals surface area contributed by atoms with E-state index in [1.165, 1.54) is 0 Å². The predicted octanol–water partition coefficient (Wildman–Crippen LogP) is 11.8. The molecule has 0 saturated heterocycles. The molecule has 5 aromatic rings. The first kappa shape index (κ1) is 27.4. The van der Waals surface area contributed by atoms with Gasteiger partial charge in [-0.05, 0) is 87.5 Å². The highest BCUT2D eigenvalue weighted by Gasteiger charge is 2.37. The summed E-state index contributed by atoms with van der Waals surface area (Å²) in [6.07, 6.45) is 0. The van der Waals surface area contributed by atoms with Crippen molar-refractivity contribution < 1.29 is 0 Å². The molecule has 5 rings (SSSR count). The molecule has 0 saturated carbocycles. The van der Waals surface area contributed by atoms with Crippen molar-refractivity contribution in [3.63, 3.8) is 0 Å². The molecule has 0 aliphatic carbocycles. The molecule has 0 aromatic heterocycles. The minimum absolute atomic E-state index is 0.464. The summed E-state index contributed by atoms with van der Waals surface area (Å²) in [4.78, 5) is -1.09. The highest BCUT2D eigenvalue weighted by Crippen LogP contribution is 2.50. The normalized spacial score (nSPS) is 12.4. The van der Waals surface area contributed by atoms with Crippen molar-refractivity contribution in [1.82, 2.24) is 0 Å². The van der Waals surface area contributed by atoms with Crippen molar-refractivity contribution in [1.29, 1.82) is 0 Å². The molecular formula is C32H20Cl6. The smallest absolute Gasteiger partial charge is 0.113 e. The van der Waals surface area contributed by atoms with Crippen LogP contribution in [0.1, 0.15) is 33.2 Å². The van der Waals surface area contributed by atoms with E-state index in [-0.39, 0.29) is 0 Å². The third-order valence-electron chi connectivity index (χ3n) is 6.52. The Balaban J connectivity index is 1.83. The zero-order valence-electron chi connectivity index (χ0n) is 19.8. The maximum atomic E-state index is 7.78. The molecule has 0 N–H and O–H groups in total. The van der Waals surface area contributed by atoms with Crippen molar-refractivity contribution in [2.75, 3.05) is 0 Å². The van der Waals surface area contributed by atoms with Gasteiger partial charge in [-0.3, -0.25) is 0 Å². The average molecular weight is 617 g/mol. The second-order valence-electron chi connectivity index (χ2n) is 8.86. The van der Waals surface area contributed by atoms with Gasteiger partial charge < -0.3 is 0 Å². The fourth-order valence-electron chi connectivity index (χ4n) is 4.66. The topological polar surface area (TPSA) is 0 Å². The summed E-state index contributed by atoms with van der Waals surface area (Å²) < 4.78 is 0. The Bertz CT molecular complexity index is 1500. The molecule has 38 heavy (non-hydrogen) atoms. The SMILES string of the molecule is Clc1ccc(-c2c(C(Cl)c3ccc(Cl)cc3)cccc2C(Cl)(c2ccc(Cl)cc2)c2ccc(Cl)cc2)cc1. The molecule has 1 unspecified atom stereocenters. The van der Waals surface area contributed by atoms with Crippen molar-refractivity contribution in [2.45, 2.75) is 10.3 Å². The number of benzene rings is 5. The van der Waals surface area contributed by atoms with Crippen LogP contribution in [-0.2, 0) is 4.87 Å². The van der Waals surface area contributed by atoms with Crippen LogP contribution in [0.3, 0.4) is 0 Å².